The van der Waals surface area contributed by atoms with Crippen molar-refractivity contribution in [1.29, 1.82) is 0 Å². The number of carbonyl (C=O) groups excluding carboxylic acids is 1. The summed E-state index contributed by atoms with van der Waals surface area (Å²) in [4.78, 5) is 32.5. The van der Waals surface area contributed by atoms with Crippen LogP contribution in [0.4, 0.5) is 0 Å². The second-order valence-electron chi connectivity index (χ2n) is 4.62. The van der Waals surface area contributed by atoms with Crippen molar-refractivity contribution < 1.29 is 24.9 Å². The standard InChI is InChI=1S/C11H12N4O6/c16-1-4-7(18)8(19)11(21-4)15-3-12-6-9(15)13-5(2-17)14-10(6)20/h2-4,7-8,11,16,18-19H,1H2,(H,13,14,20)/t4-,7-,8-,11-/m1/s1. The van der Waals surface area contributed by atoms with E-state index in [2.05, 4.69) is 15.0 Å². The highest BCUT2D eigenvalue weighted by atomic mass is 16.6. The molecule has 0 aliphatic carbocycles. The van der Waals surface area contributed by atoms with Gasteiger partial charge in [-0.3, -0.25) is 14.2 Å². The number of rotatable bonds is 3. The van der Waals surface area contributed by atoms with Gasteiger partial charge in [-0.2, -0.15) is 0 Å². The summed E-state index contributed by atoms with van der Waals surface area (Å²) >= 11 is 0. The number of aromatic amines is 1. The number of nitrogens with one attached hydrogen (secondary N) is 1. The minimum atomic E-state index is -1.33. The summed E-state index contributed by atoms with van der Waals surface area (Å²) in [6.07, 6.45) is -3.08. The van der Waals surface area contributed by atoms with E-state index in [1.54, 1.807) is 0 Å². The molecule has 0 saturated carbocycles. The van der Waals surface area contributed by atoms with E-state index in [0.29, 0.717) is 6.29 Å². The van der Waals surface area contributed by atoms with Crippen molar-refractivity contribution in [2.75, 3.05) is 6.61 Å². The largest absolute Gasteiger partial charge is 0.394 e. The van der Waals surface area contributed by atoms with Gasteiger partial charge in [0, 0.05) is 0 Å². The van der Waals surface area contributed by atoms with Crippen molar-refractivity contribution in [2.45, 2.75) is 24.5 Å². The summed E-state index contributed by atoms with van der Waals surface area (Å²) in [5, 5.41) is 28.8. The first-order valence-corrected chi connectivity index (χ1v) is 6.11. The molecule has 1 aliphatic heterocycles. The van der Waals surface area contributed by atoms with Crippen LogP contribution in [0.15, 0.2) is 11.1 Å². The zero-order valence-corrected chi connectivity index (χ0v) is 10.6. The second-order valence-corrected chi connectivity index (χ2v) is 4.62. The van der Waals surface area contributed by atoms with Gasteiger partial charge >= 0.3 is 0 Å². The van der Waals surface area contributed by atoms with E-state index in [1.165, 1.54) is 10.9 Å². The van der Waals surface area contributed by atoms with Crippen molar-refractivity contribution in [3.63, 3.8) is 0 Å². The fourth-order valence-corrected chi connectivity index (χ4v) is 2.29. The fourth-order valence-electron chi connectivity index (χ4n) is 2.29. The molecule has 10 nitrogen and oxygen atoms in total. The summed E-state index contributed by atoms with van der Waals surface area (Å²) < 4.78 is 6.57. The molecule has 4 N–H and O–H groups in total. The van der Waals surface area contributed by atoms with Crippen LogP contribution in [0.1, 0.15) is 16.8 Å². The molecule has 0 amide bonds. The summed E-state index contributed by atoms with van der Waals surface area (Å²) in [5.41, 5.74) is -0.596. The molecule has 0 bridgehead atoms. The normalized spacial score (nSPS) is 29.1. The molecular formula is C11H12N4O6. The molecule has 2 aromatic heterocycles. The lowest BCUT2D eigenvalue weighted by Gasteiger charge is -2.16. The number of aliphatic hydroxyl groups is 3. The van der Waals surface area contributed by atoms with Crippen molar-refractivity contribution in [3.05, 3.63) is 22.5 Å². The van der Waals surface area contributed by atoms with E-state index >= 15 is 0 Å². The third-order valence-corrected chi connectivity index (χ3v) is 3.35. The summed E-state index contributed by atoms with van der Waals surface area (Å²) in [7, 11) is 0. The highest BCUT2D eigenvalue weighted by Crippen LogP contribution is 2.30. The van der Waals surface area contributed by atoms with Gasteiger partial charge in [-0.25, -0.2) is 9.97 Å². The Hall–Kier alpha value is -2.14. The lowest BCUT2D eigenvalue weighted by molar-refractivity contribution is -0.0511. The molecule has 2 aromatic rings. The lowest BCUT2D eigenvalue weighted by atomic mass is 10.1. The molecule has 4 atom stereocenters. The van der Waals surface area contributed by atoms with Crippen LogP contribution < -0.4 is 5.56 Å². The number of hydrogen-bond donors (Lipinski definition) is 4. The number of fused-ring (bicyclic) bond motifs is 1. The van der Waals surface area contributed by atoms with Gasteiger partial charge in [0.05, 0.1) is 12.9 Å². The van der Waals surface area contributed by atoms with Gasteiger partial charge in [0.2, 0.25) is 0 Å². The monoisotopic (exact) mass is 296 g/mol. The minimum Gasteiger partial charge on any atom is -0.394 e. The number of hydrogen-bond acceptors (Lipinski definition) is 8. The van der Waals surface area contributed by atoms with E-state index < -0.39 is 36.7 Å². The highest BCUT2D eigenvalue weighted by molar-refractivity contribution is 5.76. The molecule has 1 saturated heterocycles. The van der Waals surface area contributed by atoms with Gasteiger partial charge in [0.25, 0.3) is 5.56 Å². The number of carbonyl (C=O) groups is 1. The summed E-state index contributed by atoms with van der Waals surface area (Å²) in [6.45, 7) is -0.477. The number of nitrogens with zero attached hydrogens (tertiary/aromatic N) is 3. The van der Waals surface area contributed by atoms with Crippen LogP contribution in [-0.4, -0.2) is 66.0 Å². The average Bonchev–Trinajstić information content (AvgIpc) is 3.02. The van der Waals surface area contributed by atoms with Crippen LogP contribution in [0, 0.1) is 0 Å². The highest BCUT2D eigenvalue weighted by Gasteiger charge is 2.44. The molecular weight excluding hydrogens is 284 g/mol. The maximum Gasteiger partial charge on any atom is 0.279 e. The Labute approximate surface area is 116 Å². The summed E-state index contributed by atoms with van der Waals surface area (Å²) in [5.74, 6) is -0.194. The van der Waals surface area contributed by atoms with Crippen molar-refractivity contribution in [2.24, 2.45) is 0 Å². The smallest absolute Gasteiger partial charge is 0.279 e. The summed E-state index contributed by atoms with van der Waals surface area (Å²) in [6, 6.07) is 0. The minimum absolute atomic E-state index is 0.0293. The topological polar surface area (TPSA) is 151 Å². The number of aromatic nitrogens is 4. The van der Waals surface area contributed by atoms with E-state index in [1.807, 2.05) is 0 Å². The molecule has 10 heteroatoms. The van der Waals surface area contributed by atoms with Crippen LogP contribution in [-0.2, 0) is 4.74 Å². The van der Waals surface area contributed by atoms with Crippen molar-refractivity contribution >= 4 is 17.5 Å². The predicted octanol–water partition coefficient (Wildman–Crippen LogP) is -2.46. The van der Waals surface area contributed by atoms with Crippen LogP contribution in [0.3, 0.4) is 0 Å². The predicted molar refractivity (Wildman–Crippen MR) is 66.5 cm³/mol. The average molecular weight is 296 g/mol. The van der Waals surface area contributed by atoms with Crippen LogP contribution in [0.5, 0.6) is 0 Å². The molecule has 21 heavy (non-hydrogen) atoms. The molecule has 112 valence electrons. The maximum atomic E-state index is 11.7. The van der Waals surface area contributed by atoms with Crippen LogP contribution in [0.2, 0.25) is 0 Å². The third-order valence-electron chi connectivity index (χ3n) is 3.35. The van der Waals surface area contributed by atoms with E-state index in [-0.39, 0.29) is 17.0 Å². The lowest BCUT2D eigenvalue weighted by Crippen LogP contribution is -2.33. The van der Waals surface area contributed by atoms with Crippen molar-refractivity contribution in [1.82, 2.24) is 19.5 Å². The molecule has 0 unspecified atom stereocenters. The number of aliphatic hydroxyl groups excluding tert-OH is 3. The molecule has 1 aliphatic rings. The first kappa shape index (κ1) is 13.8. The Bertz CT molecular complexity index is 740. The van der Waals surface area contributed by atoms with Gasteiger partial charge in [-0.15, -0.1) is 0 Å². The Morgan fingerprint density at radius 2 is 2.19 bits per heavy atom. The SMILES string of the molecule is O=Cc1nc2c(ncn2[C@@H]2O[C@H](CO)[C@@H](O)[C@H]2O)c(=O)[nH]1. The molecule has 1 fully saturated rings. The second kappa shape index (κ2) is 5.00. The van der Waals surface area contributed by atoms with Crippen LogP contribution in [0.25, 0.3) is 11.2 Å². The first-order valence-electron chi connectivity index (χ1n) is 6.11. The van der Waals surface area contributed by atoms with E-state index in [0.717, 1.165) is 0 Å². The molecule has 3 rings (SSSR count). The number of ether oxygens (including phenoxy) is 1. The van der Waals surface area contributed by atoms with Crippen molar-refractivity contribution in [3.8, 4) is 0 Å². The van der Waals surface area contributed by atoms with Gasteiger partial charge in [0.15, 0.2) is 29.5 Å². The molecule has 0 aromatic carbocycles. The van der Waals surface area contributed by atoms with Gasteiger partial charge < -0.3 is 25.0 Å². The molecule has 0 radical (unpaired) electrons. The number of H-pyrrole nitrogens is 1. The van der Waals surface area contributed by atoms with E-state index in [9.17, 15) is 19.8 Å². The Morgan fingerprint density at radius 3 is 2.81 bits per heavy atom. The number of aldehydes is 1. The fraction of sp³-hybridized carbons (Fsp3) is 0.455. The first-order chi connectivity index (χ1) is 10.1. The third kappa shape index (κ3) is 2.05. The van der Waals surface area contributed by atoms with Gasteiger partial charge in [-0.1, -0.05) is 0 Å². The molecule has 0 spiro atoms. The zero-order valence-electron chi connectivity index (χ0n) is 10.6. The van der Waals surface area contributed by atoms with Gasteiger partial charge in [0.1, 0.15) is 18.3 Å². The van der Waals surface area contributed by atoms with Gasteiger partial charge in [-0.05, 0) is 0 Å². The van der Waals surface area contributed by atoms with Crippen LogP contribution >= 0.6 is 0 Å². The van der Waals surface area contributed by atoms with E-state index in [4.69, 9.17) is 9.84 Å². The zero-order chi connectivity index (χ0) is 15.1. The Kier molecular flexibility index (Phi) is 3.29. The quantitative estimate of drug-likeness (QED) is 0.455. The number of imidazole rings is 1. The Morgan fingerprint density at radius 1 is 1.43 bits per heavy atom. The maximum absolute atomic E-state index is 11.7. The molecule has 3 heterocycles. The Balaban J connectivity index is 2.11.